The van der Waals surface area contributed by atoms with Crippen molar-refractivity contribution in [1.29, 1.82) is 5.26 Å². The maximum absolute atomic E-state index is 11.4. The lowest BCUT2D eigenvalue weighted by atomic mass is 9.92. The molecular weight excluding hydrogens is 474 g/mol. The minimum absolute atomic E-state index is 0. The molecule has 0 amide bonds. The van der Waals surface area contributed by atoms with Crippen LogP contribution in [0.3, 0.4) is 0 Å². The predicted molar refractivity (Wildman–Crippen MR) is 153 cm³/mol. The van der Waals surface area contributed by atoms with E-state index in [1.54, 1.807) is 31.4 Å². The van der Waals surface area contributed by atoms with Crippen molar-refractivity contribution >= 4 is 22.5 Å². The van der Waals surface area contributed by atoms with Gasteiger partial charge in [0.2, 0.25) is 0 Å². The van der Waals surface area contributed by atoms with E-state index in [2.05, 4.69) is 50.2 Å². The number of ether oxygens (including phenoxy) is 2. The van der Waals surface area contributed by atoms with Crippen LogP contribution in [-0.4, -0.2) is 18.9 Å². The van der Waals surface area contributed by atoms with Gasteiger partial charge in [0.25, 0.3) is 0 Å². The van der Waals surface area contributed by atoms with Crippen molar-refractivity contribution in [3.8, 4) is 11.8 Å². The molecule has 1 aliphatic heterocycles. The summed E-state index contributed by atoms with van der Waals surface area (Å²) in [4.78, 5) is 22.7. The first-order valence-corrected chi connectivity index (χ1v) is 13.6. The molecular formula is C33H41NO4. The van der Waals surface area contributed by atoms with Gasteiger partial charge >= 0.3 is 5.97 Å². The summed E-state index contributed by atoms with van der Waals surface area (Å²) in [6, 6.07) is 21.6. The molecule has 0 aliphatic carbocycles. The topological polar surface area (TPSA) is 76.4 Å². The molecule has 4 rings (SSSR count). The summed E-state index contributed by atoms with van der Waals surface area (Å²) < 4.78 is 10.7. The monoisotopic (exact) mass is 515 g/mol. The van der Waals surface area contributed by atoms with Gasteiger partial charge in [-0.1, -0.05) is 82.0 Å². The molecule has 1 heterocycles. The highest BCUT2D eigenvalue weighted by molar-refractivity contribution is 5.88. The molecule has 1 saturated heterocycles. The van der Waals surface area contributed by atoms with Gasteiger partial charge in [-0.2, -0.15) is 5.26 Å². The Morgan fingerprint density at radius 3 is 2.50 bits per heavy atom. The largest absolute Gasteiger partial charge is 0.496 e. The Kier molecular flexibility index (Phi) is 10.9. The van der Waals surface area contributed by atoms with Gasteiger partial charge in [0.1, 0.15) is 17.6 Å². The number of hydrogen-bond acceptors (Lipinski definition) is 5. The number of unbranched alkanes of at least 4 members (excludes halogenated alkanes) is 1. The highest BCUT2D eigenvalue weighted by Crippen LogP contribution is 2.36. The summed E-state index contributed by atoms with van der Waals surface area (Å²) in [6.45, 7) is 6.11. The van der Waals surface area contributed by atoms with Crippen LogP contribution < -0.4 is 4.74 Å². The zero-order valence-electron chi connectivity index (χ0n) is 23.0. The molecule has 38 heavy (non-hydrogen) atoms. The third-order valence-corrected chi connectivity index (χ3v) is 7.27. The summed E-state index contributed by atoms with van der Waals surface area (Å²) in [5.74, 6) is 1.10. The minimum Gasteiger partial charge on any atom is -0.496 e. The normalized spacial score (nSPS) is 17.2. The van der Waals surface area contributed by atoms with Crippen molar-refractivity contribution in [2.75, 3.05) is 7.11 Å². The quantitative estimate of drug-likeness (QED) is 0.202. The Morgan fingerprint density at radius 2 is 1.84 bits per heavy atom. The predicted octanol–water partition coefficient (Wildman–Crippen LogP) is 7.99. The first kappa shape index (κ1) is 28.9. The van der Waals surface area contributed by atoms with Crippen LogP contribution in [0.2, 0.25) is 0 Å². The van der Waals surface area contributed by atoms with Gasteiger partial charge in [-0.25, -0.2) is 0 Å². The number of nitrogens with zero attached hydrogens (tertiary/aromatic N) is 1. The van der Waals surface area contributed by atoms with Crippen molar-refractivity contribution < 1.29 is 20.5 Å². The summed E-state index contributed by atoms with van der Waals surface area (Å²) in [7, 11) is 1.77. The molecule has 1 fully saturated rings. The Labute approximate surface area is 228 Å². The second-order valence-corrected chi connectivity index (χ2v) is 10.2. The molecule has 5 nitrogen and oxygen atoms in total. The van der Waals surface area contributed by atoms with Crippen LogP contribution >= 0.6 is 0 Å². The number of benzene rings is 3. The van der Waals surface area contributed by atoms with Crippen LogP contribution in [0.15, 0.2) is 60.7 Å². The summed E-state index contributed by atoms with van der Waals surface area (Å²) in [5.41, 5.74) is 2.67. The zero-order chi connectivity index (χ0) is 27.5. The molecule has 5 heteroatoms. The second kappa shape index (κ2) is 14.3. The highest BCUT2D eigenvalue weighted by atomic mass is 16.6. The minimum atomic E-state index is -0.507. The van der Waals surface area contributed by atoms with Gasteiger partial charge in [0, 0.05) is 6.99 Å². The van der Waals surface area contributed by atoms with Gasteiger partial charge in [-0.05, 0) is 60.2 Å². The summed E-state index contributed by atoms with van der Waals surface area (Å²) in [5, 5.41) is 11.3. The number of nitriles is 1. The average Bonchev–Trinajstić information content (AvgIpc) is 3.33. The van der Waals surface area contributed by atoms with Crippen LogP contribution in [0.25, 0.3) is 10.8 Å². The van der Waals surface area contributed by atoms with E-state index >= 15 is 0 Å². The van der Waals surface area contributed by atoms with E-state index in [-0.39, 0.29) is 19.6 Å². The zero-order valence-corrected chi connectivity index (χ0v) is 23.0. The van der Waals surface area contributed by atoms with Gasteiger partial charge in [0.05, 0.1) is 31.1 Å². The number of cyclic esters (lactones) is 1. The standard InChI is InChI=1S/C20H28O.C13H11NO3.H2/c1-4-9-16(2)10-5-7-13-19-18-12-8-6-11-17(18)14-15-20(19)21-3;1-8(15)11-6-12(16)17-13(11)10-4-2-9(7-14)3-5-10;/h6,8,11-12,14-16H,4-5,7,9-10,13H2,1-3H3;2-5,11,13H,6H2,1H3;1H/t;11-,13-;/m.1./s1. The summed E-state index contributed by atoms with van der Waals surface area (Å²) >= 11 is 0. The molecule has 3 atom stereocenters. The Balaban J connectivity index is 0.000000272. The third-order valence-electron chi connectivity index (χ3n) is 7.27. The molecule has 1 unspecified atom stereocenters. The van der Waals surface area contributed by atoms with E-state index in [4.69, 9.17) is 14.7 Å². The number of aryl methyl sites for hydroxylation is 1. The first-order chi connectivity index (χ1) is 18.4. The number of methoxy groups -OCH3 is 1. The highest BCUT2D eigenvalue weighted by Gasteiger charge is 2.38. The fourth-order valence-corrected chi connectivity index (χ4v) is 5.16. The number of rotatable bonds is 10. The second-order valence-electron chi connectivity index (χ2n) is 10.2. The number of esters is 1. The Bertz CT molecular complexity index is 1260. The van der Waals surface area contributed by atoms with Crippen LogP contribution in [0.5, 0.6) is 5.75 Å². The number of fused-ring (bicyclic) bond motifs is 1. The van der Waals surface area contributed by atoms with Crippen molar-refractivity contribution in [3.63, 3.8) is 0 Å². The van der Waals surface area contributed by atoms with Gasteiger partial charge in [0.15, 0.2) is 0 Å². The lowest BCUT2D eigenvalue weighted by Gasteiger charge is -2.15. The van der Waals surface area contributed by atoms with Crippen LogP contribution in [0.4, 0.5) is 0 Å². The van der Waals surface area contributed by atoms with Crippen molar-refractivity contribution in [1.82, 2.24) is 0 Å². The van der Waals surface area contributed by atoms with E-state index in [1.807, 2.05) is 6.07 Å². The number of hydrogen-bond donors (Lipinski definition) is 0. The molecule has 0 radical (unpaired) electrons. The molecule has 202 valence electrons. The lowest BCUT2D eigenvalue weighted by Crippen LogP contribution is -2.15. The van der Waals surface area contributed by atoms with Gasteiger partial charge < -0.3 is 9.47 Å². The van der Waals surface area contributed by atoms with E-state index in [9.17, 15) is 9.59 Å². The number of carbonyl (C=O) groups is 2. The molecule has 0 aromatic heterocycles. The molecule has 0 spiro atoms. The molecule has 0 N–H and O–H groups in total. The van der Waals surface area contributed by atoms with Crippen LogP contribution in [-0.2, 0) is 20.7 Å². The van der Waals surface area contributed by atoms with Crippen molar-refractivity contribution in [3.05, 3.63) is 77.4 Å². The van der Waals surface area contributed by atoms with E-state index in [0.717, 1.165) is 23.7 Å². The Morgan fingerprint density at radius 1 is 1.11 bits per heavy atom. The molecule has 3 aromatic rings. The molecule has 0 bridgehead atoms. The van der Waals surface area contributed by atoms with Crippen molar-refractivity contribution in [2.45, 2.75) is 71.8 Å². The van der Waals surface area contributed by atoms with Gasteiger partial charge in [-0.15, -0.1) is 0 Å². The first-order valence-electron chi connectivity index (χ1n) is 13.6. The van der Waals surface area contributed by atoms with E-state index < -0.39 is 12.0 Å². The average molecular weight is 516 g/mol. The fraction of sp³-hybridized carbons (Fsp3) is 0.424. The fourth-order valence-electron chi connectivity index (χ4n) is 5.16. The van der Waals surface area contributed by atoms with E-state index in [0.29, 0.717) is 5.56 Å². The lowest BCUT2D eigenvalue weighted by molar-refractivity contribution is -0.141. The molecule has 1 aliphatic rings. The maximum Gasteiger partial charge on any atom is 0.307 e. The van der Waals surface area contributed by atoms with Crippen LogP contribution in [0, 0.1) is 23.2 Å². The number of ketones is 1. The van der Waals surface area contributed by atoms with Crippen LogP contribution in [0.1, 0.15) is 83.5 Å². The third kappa shape index (κ3) is 7.68. The Hall–Kier alpha value is -3.65. The van der Waals surface area contributed by atoms with Crippen molar-refractivity contribution in [2.24, 2.45) is 11.8 Å². The number of carbonyl (C=O) groups excluding carboxylic acids is 2. The SMILES string of the molecule is CC(=O)[C@H]1CC(=O)O[C@@H]1c1ccc(C#N)cc1.CCCC(C)CCCCc1c(OC)ccc2ccccc12.[HH]. The van der Waals surface area contributed by atoms with E-state index in [1.165, 1.54) is 55.4 Å². The molecule has 3 aromatic carbocycles. The summed E-state index contributed by atoms with van der Waals surface area (Å²) in [6.07, 6.45) is 7.32. The maximum atomic E-state index is 11.4. The van der Waals surface area contributed by atoms with Gasteiger partial charge in [-0.3, -0.25) is 9.59 Å². The molecule has 0 saturated carbocycles. The smallest absolute Gasteiger partial charge is 0.307 e. The number of Topliss-reactive ketones (excluding diaryl/α,β-unsaturated/α-hetero) is 1.